The van der Waals surface area contributed by atoms with Crippen LogP contribution in [0.5, 0.6) is 0 Å². The summed E-state index contributed by atoms with van der Waals surface area (Å²) < 4.78 is 0. The van der Waals surface area contributed by atoms with Crippen molar-refractivity contribution in [2.24, 2.45) is 21.9 Å². The van der Waals surface area contributed by atoms with Crippen LogP contribution in [0.2, 0.25) is 0 Å². The van der Waals surface area contributed by atoms with E-state index in [9.17, 15) is 0 Å². The van der Waals surface area contributed by atoms with Crippen LogP contribution < -0.4 is 11.5 Å². The van der Waals surface area contributed by atoms with E-state index in [0.29, 0.717) is 6.54 Å². The van der Waals surface area contributed by atoms with Crippen LogP contribution in [0.3, 0.4) is 0 Å². The average Bonchev–Trinajstić information content (AvgIpc) is 1.78. The summed E-state index contributed by atoms with van der Waals surface area (Å²) in [5.41, 5.74) is 10.2. The highest BCUT2D eigenvalue weighted by atomic mass is 15.0. The Labute approximate surface area is 67.9 Å². The fourth-order valence-electron chi connectivity index (χ4n) is 0.436. The Balaban J connectivity index is 3.84. The molecule has 0 saturated carbocycles. The molecule has 0 heterocycles. The largest absolute Gasteiger partial charge is 0.370 e. The zero-order valence-electron chi connectivity index (χ0n) is 7.31. The summed E-state index contributed by atoms with van der Waals surface area (Å²) in [7, 11) is 0. The highest BCUT2D eigenvalue weighted by molar-refractivity contribution is 5.75. The number of hydrogen-bond acceptors (Lipinski definition) is 1. The molecule has 11 heavy (non-hydrogen) atoms. The fraction of sp³-hybridized carbons (Fsp3) is 0.625. The quantitative estimate of drug-likeness (QED) is 0.323. The monoisotopic (exact) mass is 153 g/mol. The zero-order valence-corrected chi connectivity index (χ0v) is 7.31. The molecule has 4 N–H and O–H groups in total. The lowest BCUT2D eigenvalue weighted by Gasteiger charge is -2.06. The van der Waals surface area contributed by atoms with Crippen LogP contribution in [0.4, 0.5) is 0 Å². The van der Waals surface area contributed by atoms with Gasteiger partial charge in [0.15, 0.2) is 5.96 Å². The molecule has 0 aromatic rings. The Hall–Kier alpha value is -1.17. The predicted molar refractivity (Wildman–Crippen MR) is 47.9 cm³/mol. The van der Waals surface area contributed by atoms with Gasteiger partial charge in [0.25, 0.3) is 0 Å². The summed E-state index contributed by atoms with van der Waals surface area (Å²) in [5, 5.41) is 0. The predicted octanol–water partition coefficient (Wildman–Crippen LogP) is 0.309. The maximum absolute atomic E-state index is 5.10. The van der Waals surface area contributed by atoms with Crippen molar-refractivity contribution in [1.29, 1.82) is 0 Å². The molecule has 0 aromatic heterocycles. The summed E-state index contributed by atoms with van der Waals surface area (Å²) in [4.78, 5) is 3.73. The van der Waals surface area contributed by atoms with Crippen molar-refractivity contribution >= 4 is 5.96 Å². The summed E-state index contributed by atoms with van der Waals surface area (Å²) in [6.07, 6.45) is 0. The molecule has 0 aliphatic carbocycles. The van der Waals surface area contributed by atoms with Gasteiger partial charge in [0.1, 0.15) is 6.54 Å². The van der Waals surface area contributed by atoms with Crippen LogP contribution in [-0.2, 0) is 0 Å². The Morgan fingerprint density at radius 3 is 2.27 bits per heavy atom. The van der Waals surface area contributed by atoms with Crippen molar-refractivity contribution < 1.29 is 0 Å². The molecule has 0 spiro atoms. The second-order valence-corrected chi connectivity index (χ2v) is 3.29. The maximum Gasteiger partial charge on any atom is 0.186 e. The number of hydrogen-bond donors (Lipinski definition) is 2. The van der Waals surface area contributed by atoms with Crippen molar-refractivity contribution in [3.05, 3.63) is 0 Å². The van der Waals surface area contributed by atoms with Crippen LogP contribution in [0.1, 0.15) is 20.8 Å². The van der Waals surface area contributed by atoms with Crippen molar-refractivity contribution in [3.63, 3.8) is 0 Å². The smallest absolute Gasteiger partial charge is 0.186 e. The molecule has 0 unspecified atom stereocenters. The summed E-state index contributed by atoms with van der Waals surface area (Å²) >= 11 is 0. The molecule has 0 fully saturated rings. The third-order valence-corrected chi connectivity index (χ3v) is 0.804. The Kier molecular flexibility index (Phi) is 3.46. The van der Waals surface area contributed by atoms with E-state index in [1.165, 1.54) is 0 Å². The molecule has 0 atom stereocenters. The molecular weight excluding hydrogens is 138 g/mol. The Morgan fingerprint density at radius 2 is 1.91 bits per heavy atom. The minimum Gasteiger partial charge on any atom is -0.370 e. The van der Waals surface area contributed by atoms with Crippen molar-refractivity contribution in [2.45, 2.75) is 20.8 Å². The Morgan fingerprint density at radius 1 is 1.36 bits per heavy atom. The van der Waals surface area contributed by atoms with Crippen LogP contribution in [0.25, 0.3) is 0 Å². The third-order valence-electron chi connectivity index (χ3n) is 0.804. The van der Waals surface area contributed by atoms with Gasteiger partial charge in [-0.05, 0) is 20.8 Å². The second kappa shape index (κ2) is 3.87. The van der Waals surface area contributed by atoms with Crippen LogP contribution >= 0.6 is 0 Å². The molecule has 0 radical (unpaired) electrons. The number of guanidine groups is 1. The van der Waals surface area contributed by atoms with E-state index in [2.05, 4.69) is 16.8 Å². The first-order valence-electron chi connectivity index (χ1n) is 3.47. The fourth-order valence-corrected chi connectivity index (χ4v) is 0.436. The average molecular weight is 153 g/mol. The van der Waals surface area contributed by atoms with Crippen molar-refractivity contribution in [2.75, 3.05) is 6.54 Å². The van der Waals surface area contributed by atoms with E-state index < -0.39 is 0 Å². The second-order valence-electron chi connectivity index (χ2n) is 3.29. The maximum atomic E-state index is 5.10. The topological polar surface area (TPSA) is 64.4 Å². The van der Waals surface area contributed by atoms with E-state index in [-0.39, 0.29) is 11.4 Å². The summed E-state index contributed by atoms with van der Waals surface area (Å²) in [5.74, 6) is 5.96. The van der Waals surface area contributed by atoms with Gasteiger partial charge in [-0.1, -0.05) is 11.8 Å². The first-order chi connectivity index (χ1) is 4.92. The first kappa shape index (κ1) is 9.83. The van der Waals surface area contributed by atoms with E-state index >= 15 is 0 Å². The molecule has 0 aromatic carbocycles. The molecule has 3 heteroatoms. The van der Waals surface area contributed by atoms with Gasteiger partial charge in [-0.15, -0.1) is 0 Å². The van der Waals surface area contributed by atoms with Gasteiger partial charge in [0.05, 0.1) is 0 Å². The molecular formula is C8H15N3. The van der Waals surface area contributed by atoms with Gasteiger partial charge in [-0.25, -0.2) is 4.99 Å². The number of nitrogens with two attached hydrogens (primary N) is 2. The van der Waals surface area contributed by atoms with Gasteiger partial charge >= 0.3 is 0 Å². The van der Waals surface area contributed by atoms with Gasteiger partial charge in [-0.2, -0.15) is 0 Å². The first-order valence-corrected chi connectivity index (χ1v) is 3.47. The van der Waals surface area contributed by atoms with Crippen molar-refractivity contribution in [1.82, 2.24) is 0 Å². The molecule has 3 nitrogen and oxygen atoms in total. The van der Waals surface area contributed by atoms with Gasteiger partial charge in [0.2, 0.25) is 0 Å². The number of rotatable bonds is 1. The zero-order chi connectivity index (χ0) is 8.91. The molecule has 0 bridgehead atoms. The standard InChI is InChI=1S/C8H15N3/c1-8(2,3)5-4-6-11-7(9)10/h6H2,1-3H3,(H4,9,10,11). The highest BCUT2D eigenvalue weighted by Crippen LogP contribution is 2.09. The lowest BCUT2D eigenvalue weighted by molar-refractivity contribution is 0.570. The SMILES string of the molecule is CC(C)(C)C#CCN=C(N)N. The van der Waals surface area contributed by atoms with Crippen LogP contribution in [0, 0.1) is 17.3 Å². The van der Waals surface area contributed by atoms with E-state index in [1.807, 2.05) is 20.8 Å². The third kappa shape index (κ3) is 8.83. The lowest BCUT2D eigenvalue weighted by atomic mass is 9.98. The summed E-state index contributed by atoms with van der Waals surface area (Å²) in [6.45, 7) is 6.50. The van der Waals surface area contributed by atoms with E-state index in [1.54, 1.807) is 0 Å². The van der Waals surface area contributed by atoms with Gasteiger partial charge in [0, 0.05) is 5.41 Å². The minimum atomic E-state index is 0.0267. The minimum absolute atomic E-state index is 0.0267. The number of aliphatic imine (C=N–C) groups is 1. The lowest BCUT2D eigenvalue weighted by Crippen LogP contribution is -2.22. The van der Waals surface area contributed by atoms with E-state index in [0.717, 1.165) is 0 Å². The van der Waals surface area contributed by atoms with E-state index in [4.69, 9.17) is 11.5 Å². The van der Waals surface area contributed by atoms with Crippen molar-refractivity contribution in [3.8, 4) is 11.8 Å². The molecule has 0 rings (SSSR count). The molecule has 62 valence electrons. The van der Waals surface area contributed by atoms with Crippen LogP contribution in [-0.4, -0.2) is 12.5 Å². The summed E-state index contributed by atoms with van der Waals surface area (Å²) in [6, 6.07) is 0. The normalized spacial score (nSPS) is 9.73. The molecule has 0 aliphatic rings. The Bertz CT molecular complexity index is 196. The van der Waals surface area contributed by atoms with Gasteiger partial charge in [-0.3, -0.25) is 0 Å². The molecule has 0 aliphatic heterocycles. The molecule has 0 amide bonds. The highest BCUT2D eigenvalue weighted by Gasteiger charge is 2.02. The number of nitrogens with zero attached hydrogens (tertiary/aromatic N) is 1. The van der Waals surface area contributed by atoms with Gasteiger partial charge < -0.3 is 11.5 Å². The van der Waals surface area contributed by atoms with Crippen LogP contribution in [0.15, 0.2) is 4.99 Å². The molecule has 0 saturated heterocycles.